The second-order valence-corrected chi connectivity index (χ2v) is 4.40. The molecule has 0 atom stereocenters. The van der Waals surface area contributed by atoms with E-state index in [2.05, 4.69) is 0 Å². The predicted octanol–water partition coefficient (Wildman–Crippen LogP) is 3.36. The summed E-state index contributed by atoms with van der Waals surface area (Å²) in [5.41, 5.74) is -0.499. The van der Waals surface area contributed by atoms with Gasteiger partial charge in [0.15, 0.2) is 0 Å². The molecule has 0 radical (unpaired) electrons. The van der Waals surface area contributed by atoms with Crippen molar-refractivity contribution < 1.29 is 9.90 Å². The van der Waals surface area contributed by atoms with E-state index in [0.29, 0.717) is 15.6 Å². The van der Waals surface area contributed by atoms with Crippen LogP contribution in [0, 0.1) is 0 Å². The molecule has 0 fully saturated rings. The third kappa shape index (κ3) is 2.02. The standard InChI is InChI=1S/C10H10Cl2O2/c1-10(2,9(13)14)7-5-6(11)3-4-8(7)12/h3-5H,1-2H3,(H,13,14). The minimum Gasteiger partial charge on any atom is -0.481 e. The Kier molecular flexibility index (Phi) is 3.07. The average molecular weight is 233 g/mol. The molecule has 0 bridgehead atoms. The summed E-state index contributed by atoms with van der Waals surface area (Å²) in [6.45, 7) is 3.18. The van der Waals surface area contributed by atoms with Gasteiger partial charge >= 0.3 is 5.97 Å². The summed E-state index contributed by atoms with van der Waals surface area (Å²) in [6.07, 6.45) is 0. The molecule has 0 unspecified atom stereocenters. The largest absolute Gasteiger partial charge is 0.481 e. The van der Waals surface area contributed by atoms with Gasteiger partial charge in [-0.15, -0.1) is 0 Å². The van der Waals surface area contributed by atoms with Gasteiger partial charge in [-0.2, -0.15) is 0 Å². The Balaban J connectivity index is 3.31. The summed E-state index contributed by atoms with van der Waals surface area (Å²) < 4.78 is 0. The lowest BCUT2D eigenvalue weighted by atomic mass is 9.85. The molecule has 14 heavy (non-hydrogen) atoms. The Morgan fingerprint density at radius 1 is 1.36 bits per heavy atom. The molecule has 0 aliphatic rings. The highest BCUT2D eigenvalue weighted by Crippen LogP contribution is 2.32. The Hall–Kier alpha value is -0.730. The highest BCUT2D eigenvalue weighted by Gasteiger charge is 2.31. The molecule has 0 saturated carbocycles. The number of halogens is 2. The zero-order chi connectivity index (χ0) is 10.9. The molecular weight excluding hydrogens is 223 g/mol. The number of hydrogen-bond acceptors (Lipinski definition) is 1. The predicted molar refractivity (Wildman–Crippen MR) is 57.1 cm³/mol. The molecule has 0 aromatic heterocycles. The van der Waals surface area contributed by atoms with Crippen molar-refractivity contribution in [2.75, 3.05) is 0 Å². The van der Waals surface area contributed by atoms with E-state index in [-0.39, 0.29) is 0 Å². The van der Waals surface area contributed by atoms with E-state index < -0.39 is 11.4 Å². The molecule has 1 rings (SSSR count). The van der Waals surface area contributed by atoms with Crippen molar-refractivity contribution in [2.24, 2.45) is 0 Å². The number of rotatable bonds is 2. The molecule has 0 heterocycles. The Bertz CT molecular complexity index is 372. The van der Waals surface area contributed by atoms with Crippen LogP contribution in [0.3, 0.4) is 0 Å². The fourth-order valence-corrected chi connectivity index (χ4v) is 1.62. The monoisotopic (exact) mass is 232 g/mol. The molecular formula is C10H10Cl2O2. The summed E-state index contributed by atoms with van der Waals surface area (Å²) in [5, 5.41) is 9.91. The topological polar surface area (TPSA) is 37.3 Å². The van der Waals surface area contributed by atoms with Crippen LogP contribution >= 0.6 is 23.2 Å². The van der Waals surface area contributed by atoms with Crippen LogP contribution in [0.1, 0.15) is 19.4 Å². The van der Waals surface area contributed by atoms with Crippen LogP contribution in [0.15, 0.2) is 18.2 Å². The van der Waals surface area contributed by atoms with Gasteiger partial charge in [0, 0.05) is 10.0 Å². The molecule has 2 nitrogen and oxygen atoms in total. The summed E-state index contributed by atoms with van der Waals surface area (Å²) in [4.78, 5) is 11.0. The molecule has 0 aliphatic carbocycles. The van der Waals surface area contributed by atoms with Gasteiger partial charge in [0.05, 0.1) is 5.41 Å². The van der Waals surface area contributed by atoms with Gasteiger partial charge in [0.2, 0.25) is 0 Å². The zero-order valence-electron chi connectivity index (χ0n) is 7.84. The maximum atomic E-state index is 11.0. The van der Waals surface area contributed by atoms with Crippen LogP contribution < -0.4 is 0 Å². The second-order valence-electron chi connectivity index (χ2n) is 3.55. The van der Waals surface area contributed by atoms with Gasteiger partial charge in [-0.25, -0.2) is 0 Å². The number of hydrogen-bond donors (Lipinski definition) is 1. The van der Waals surface area contributed by atoms with E-state index in [1.54, 1.807) is 32.0 Å². The number of benzene rings is 1. The number of aliphatic carboxylic acids is 1. The lowest BCUT2D eigenvalue weighted by molar-refractivity contribution is -0.142. The van der Waals surface area contributed by atoms with Gasteiger partial charge < -0.3 is 5.11 Å². The first-order chi connectivity index (χ1) is 6.35. The third-order valence-electron chi connectivity index (χ3n) is 2.14. The van der Waals surface area contributed by atoms with Gasteiger partial charge in [0.1, 0.15) is 0 Å². The van der Waals surface area contributed by atoms with E-state index >= 15 is 0 Å². The normalized spacial score (nSPS) is 11.4. The van der Waals surface area contributed by atoms with E-state index in [1.807, 2.05) is 0 Å². The molecule has 1 N–H and O–H groups in total. The van der Waals surface area contributed by atoms with E-state index in [1.165, 1.54) is 0 Å². The van der Waals surface area contributed by atoms with Crippen molar-refractivity contribution in [2.45, 2.75) is 19.3 Å². The minimum absolute atomic E-state index is 0.418. The molecule has 76 valence electrons. The maximum Gasteiger partial charge on any atom is 0.313 e. The zero-order valence-corrected chi connectivity index (χ0v) is 9.36. The van der Waals surface area contributed by atoms with Crippen molar-refractivity contribution in [3.8, 4) is 0 Å². The van der Waals surface area contributed by atoms with Crippen molar-refractivity contribution >= 4 is 29.2 Å². The fourth-order valence-electron chi connectivity index (χ4n) is 1.09. The maximum absolute atomic E-state index is 11.0. The van der Waals surface area contributed by atoms with Crippen molar-refractivity contribution in [3.63, 3.8) is 0 Å². The summed E-state index contributed by atoms with van der Waals surface area (Å²) in [7, 11) is 0. The quantitative estimate of drug-likeness (QED) is 0.850. The third-order valence-corrected chi connectivity index (χ3v) is 2.70. The Labute approximate surface area is 92.5 Å². The first-order valence-corrected chi connectivity index (χ1v) is 4.80. The summed E-state index contributed by atoms with van der Waals surface area (Å²) in [6, 6.07) is 4.81. The first kappa shape index (κ1) is 11.3. The van der Waals surface area contributed by atoms with Crippen LogP contribution in [0.25, 0.3) is 0 Å². The number of carbonyl (C=O) groups is 1. The average Bonchev–Trinajstić information content (AvgIpc) is 2.08. The van der Waals surface area contributed by atoms with Crippen LogP contribution in [0.2, 0.25) is 10.0 Å². The molecule has 0 amide bonds. The summed E-state index contributed by atoms with van der Waals surface area (Å²) in [5.74, 6) is -0.929. The Morgan fingerprint density at radius 3 is 2.43 bits per heavy atom. The van der Waals surface area contributed by atoms with Gasteiger partial charge in [0.25, 0.3) is 0 Å². The van der Waals surface area contributed by atoms with Crippen LogP contribution in [-0.2, 0) is 10.2 Å². The highest BCUT2D eigenvalue weighted by molar-refractivity contribution is 6.33. The SMILES string of the molecule is CC(C)(C(=O)O)c1cc(Cl)ccc1Cl. The van der Waals surface area contributed by atoms with Crippen LogP contribution in [0.4, 0.5) is 0 Å². The molecule has 4 heteroatoms. The number of carboxylic acid groups (broad SMARTS) is 1. The van der Waals surface area contributed by atoms with Crippen molar-refractivity contribution in [3.05, 3.63) is 33.8 Å². The van der Waals surface area contributed by atoms with Gasteiger partial charge in [-0.05, 0) is 37.6 Å². The van der Waals surface area contributed by atoms with E-state index in [4.69, 9.17) is 28.3 Å². The molecule has 0 aliphatic heterocycles. The number of carboxylic acids is 1. The van der Waals surface area contributed by atoms with E-state index in [9.17, 15) is 4.79 Å². The second kappa shape index (κ2) is 3.79. The first-order valence-electron chi connectivity index (χ1n) is 4.04. The molecule has 1 aromatic carbocycles. The van der Waals surface area contributed by atoms with Crippen molar-refractivity contribution in [1.82, 2.24) is 0 Å². The van der Waals surface area contributed by atoms with Crippen LogP contribution in [-0.4, -0.2) is 11.1 Å². The Morgan fingerprint density at radius 2 is 1.93 bits per heavy atom. The molecule has 0 saturated heterocycles. The smallest absolute Gasteiger partial charge is 0.313 e. The van der Waals surface area contributed by atoms with Gasteiger partial charge in [-0.3, -0.25) is 4.79 Å². The van der Waals surface area contributed by atoms with Crippen molar-refractivity contribution in [1.29, 1.82) is 0 Å². The van der Waals surface area contributed by atoms with E-state index in [0.717, 1.165) is 0 Å². The summed E-state index contributed by atoms with van der Waals surface area (Å²) >= 11 is 11.7. The van der Waals surface area contributed by atoms with Gasteiger partial charge in [-0.1, -0.05) is 23.2 Å². The molecule has 1 aromatic rings. The highest BCUT2D eigenvalue weighted by atomic mass is 35.5. The fraction of sp³-hybridized carbons (Fsp3) is 0.300. The minimum atomic E-state index is -1.03. The molecule has 0 spiro atoms. The lowest BCUT2D eigenvalue weighted by Gasteiger charge is -2.21. The van der Waals surface area contributed by atoms with Crippen LogP contribution in [0.5, 0.6) is 0 Å². The lowest BCUT2D eigenvalue weighted by Crippen LogP contribution is -2.28.